The van der Waals surface area contributed by atoms with Crippen LogP contribution in [0.5, 0.6) is 11.5 Å². The van der Waals surface area contributed by atoms with Gasteiger partial charge in [0.25, 0.3) is 5.69 Å². The molecule has 3 aromatic carbocycles. The highest BCUT2D eigenvalue weighted by Gasteiger charge is 2.19. The summed E-state index contributed by atoms with van der Waals surface area (Å²) in [5.74, 6) is -0.358. The molecule has 0 amide bonds. The molecule has 0 aliphatic carbocycles. The number of aromatic nitrogens is 2. The van der Waals surface area contributed by atoms with Gasteiger partial charge in [0, 0.05) is 17.7 Å². The zero-order valence-electron chi connectivity index (χ0n) is 19.4. The Bertz CT molecular complexity index is 1410. The van der Waals surface area contributed by atoms with Gasteiger partial charge < -0.3 is 14.2 Å². The average molecular weight is 487 g/mol. The van der Waals surface area contributed by atoms with Crippen LogP contribution in [-0.4, -0.2) is 40.4 Å². The van der Waals surface area contributed by atoms with E-state index in [9.17, 15) is 19.7 Å². The van der Waals surface area contributed by atoms with Gasteiger partial charge in [0.1, 0.15) is 11.5 Å². The molecule has 10 heteroatoms. The summed E-state index contributed by atoms with van der Waals surface area (Å²) >= 11 is 0. The molecule has 4 aromatic rings. The van der Waals surface area contributed by atoms with Crippen molar-refractivity contribution in [3.05, 3.63) is 100 Å². The van der Waals surface area contributed by atoms with E-state index in [1.54, 1.807) is 49.0 Å². The number of nitrogens with zero attached hydrogens (tertiary/aromatic N) is 3. The molecular formula is C26H21N3O7. The normalized spacial score (nSPS) is 10.5. The van der Waals surface area contributed by atoms with Crippen molar-refractivity contribution in [1.82, 2.24) is 9.78 Å². The van der Waals surface area contributed by atoms with Gasteiger partial charge in [0.2, 0.25) is 0 Å². The molecule has 1 heterocycles. The second-order valence-electron chi connectivity index (χ2n) is 7.47. The number of esters is 2. The lowest BCUT2D eigenvalue weighted by Crippen LogP contribution is -2.09. The SMILES string of the molecule is CCOC(=O)c1cc(-c2cccc(OC)c2)n(-c2ccc(C(=O)Oc3ccc([N+](=O)[O-])cc3)cc2)n1. The fraction of sp³-hybridized carbons (Fsp3) is 0.115. The van der Waals surface area contributed by atoms with Crippen molar-refractivity contribution >= 4 is 17.6 Å². The maximum Gasteiger partial charge on any atom is 0.358 e. The fourth-order valence-corrected chi connectivity index (χ4v) is 3.41. The van der Waals surface area contributed by atoms with E-state index in [2.05, 4.69) is 5.10 Å². The van der Waals surface area contributed by atoms with Crippen LogP contribution in [0.15, 0.2) is 78.9 Å². The summed E-state index contributed by atoms with van der Waals surface area (Å²) in [5.41, 5.74) is 2.27. The lowest BCUT2D eigenvalue weighted by atomic mass is 10.1. The molecule has 182 valence electrons. The first kappa shape index (κ1) is 24.1. The van der Waals surface area contributed by atoms with E-state index in [4.69, 9.17) is 14.2 Å². The van der Waals surface area contributed by atoms with Gasteiger partial charge in [-0.05, 0) is 61.5 Å². The maximum atomic E-state index is 12.6. The van der Waals surface area contributed by atoms with E-state index in [1.807, 2.05) is 24.3 Å². The van der Waals surface area contributed by atoms with Gasteiger partial charge in [0.15, 0.2) is 5.69 Å². The third-order valence-corrected chi connectivity index (χ3v) is 5.17. The minimum absolute atomic E-state index is 0.104. The summed E-state index contributed by atoms with van der Waals surface area (Å²) < 4.78 is 17.3. The summed E-state index contributed by atoms with van der Waals surface area (Å²) in [6, 6.07) is 20.6. The molecule has 0 N–H and O–H groups in total. The number of rotatable bonds is 8. The van der Waals surface area contributed by atoms with Crippen molar-refractivity contribution in [3.63, 3.8) is 0 Å². The molecule has 0 unspecified atom stereocenters. The van der Waals surface area contributed by atoms with Crippen molar-refractivity contribution in [2.45, 2.75) is 6.92 Å². The lowest BCUT2D eigenvalue weighted by Gasteiger charge is -2.10. The average Bonchev–Trinajstić information content (AvgIpc) is 3.35. The Balaban J connectivity index is 1.63. The van der Waals surface area contributed by atoms with Crippen molar-refractivity contribution < 1.29 is 28.7 Å². The first-order chi connectivity index (χ1) is 17.4. The third-order valence-electron chi connectivity index (χ3n) is 5.17. The minimum atomic E-state index is -0.629. The first-order valence-electron chi connectivity index (χ1n) is 10.9. The molecule has 4 rings (SSSR count). The van der Waals surface area contributed by atoms with E-state index >= 15 is 0 Å². The summed E-state index contributed by atoms with van der Waals surface area (Å²) in [7, 11) is 1.56. The maximum absolute atomic E-state index is 12.6. The number of hydrogen-bond acceptors (Lipinski definition) is 8. The highest BCUT2D eigenvalue weighted by atomic mass is 16.6. The van der Waals surface area contributed by atoms with E-state index in [-0.39, 0.29) is 29.3 Å². The predicted molar refractivity (Wildman–Crippen MR) is 130 cm³/mol. The first-order valence-corrected chi connectivity index (χ1v) is 10.9. The van der Waals surface area contributed by atoms with Gasteiger partial charge in [-0.25, -0.2) is 14.3 Å². The molecule has 36 heavy (non-hydrogen) atoms. The highest BCUT2D eigenvalue weighted by molar-refractivity contribution is 5.91. The second-order valence-corrected chi connectivity index (χ2v) is 7.47. The molecule has 10 nitrogen and oxygen atoms in total. The molecule has 0 radical (unpaired) electrons. The Morgan fingerprint density at radius 2 is 1.67 bits per heavy atom. The van der Waals surface area contributed by atoms with E-state index in [0.717, 1.165) is 5.56 Å². The zero-order chi connectivity index (χ0) is 25.7. The Morgan fingerprint density at radius 1 is 0.944 bits per heavy atom. The number of hydrogen-bond donors (Lipinski definition) is 0. The molecule has 1 aromatic heterocycles. The molecule has 0 bridgehead atoms. The van der Waals surface area contributed by atoms with Crippen LogP contribution in [0, 0.1) is 10.1 Å². The molecule has 0 aliphatic heterocycles. The Labute approximate surface area is 205 Å². The number of nitro groups is 1. The van der Waals surface area contributed by atoms with Gasteiger partial charge >= 0.3 is 11.9 Å². The summed E-state index contributed by atoms with van der Waals surface area (Å²) in [4.78, 5) is 35.1. The second kappa shape index (κ2) is 10.5. The molecule has 0 saturated heterocycles. The monoisotopic (exact) mass is 487 g/mol. The number of carbonyl (C=O) groups is 2. The van der Waals surface area contributed by atoms with Crippen LogP contribution in [0.2, 0.25) is 0 Å². The molecule has 0 aliphatic rings. The molecule has 0 spiro atoms. The van der Waals surface area contributed by atoms with E-state index in [0.29, 0.717) is 17.1 Å². The largest absolute Gasteiger partial charge is 0.497 e. The summed E-state index contributed by atoms with van der Waals surface area (Å²) in [5, 5.41) is 15.2. The zero-order valence-corrected chi connectivity index (χ0v) is 19.4. The quantitative estimate of drug-likeness (QED) is 0.150. The van der Waals surface area contributed by atoms with Gasteiger partial charge in [-0.1, -0.05) is 12.1 Å². The molecule has 0 saturated carbocycles. The van der Waals surface area contributed by atoms with Gasteiger partial charge in [0.05, 0.1) is 35.6 Å². The highest BCUT2D eigenvalue weighted by Crippen LogP contribution is 2.28. The number of nitro benzene ring substituents is 1. The topological polar surface area (TPSA) is 123 Å². The van der Waals surface area contributed by atoms with Crippen LogP contribution in [0.3, 0.4) is 0 Å². The van der Waals surface area contributed by atoms with Crippen molar-refractivity contribution in [1.29, 1.82) is 0 Å². The predicted octanol–water partition coefficient (Wildman–Crippen LogP) is 4.85. The van der Waals surface area contributed by atoms with E-state index < -0.39 is 16.9 Å². The third kappa shape index (κ3) is 5.22. The summed E-state index contributed by atoms with van der Waals surface area (Å²) in [6.45, 7) is 1.93. The molecular weight excluding hydrogens is 466 g/mol. The Kier molecular flexibility index (Phi) is 7.05. The number of benzene rings is 3. The lowest BCUT2D eigenvalue weighted by molar-refractivity contribution is -0.384. The van der Waals surface area contributed by atoms with Crippen molar-refractivity contribution in [2.24, 2.45) is 0 Å². The Hall–Kier alpha value is -4.99. The van der Waals surface area contributed by atoms with E-state index in [1.165, 1.54) is 24.3 Å². The fourth-order valence-electron chi connectivity index (χ4n) is 3.41. The van der Waals surface area contributed by atoms with Crippen LogP contribution >= 0.6 is 0 Å². The van der Waals surface area contributed by atoms with Gasteiger partial charge in [-0.15, -0.1) is 0 Å². The van der Waals surface area contributed by atoms with Crippen molar-refractivity contribution in [2.75, 3.05) is 13.7 Å². The summed E-state index contributed by atoms with van der Waals surface area (Å²) in [6.07, 6.45) is 0. The Morgan fingerprint density at radius 3 is 2.31 bits per heavy atom. The van der Waals surface area contributed by atoms with Crippen LogP contribution < -0.4 is 9.47 Å². The smallest absolute Gasteiger partial charge is 0.358 e. The number of ether oxygens (including phenoxy) is 3. The number of non-ortho nitro benzene ring substituents is 1. The van der Waals surface area contributed by atoms with Crippen LogP contribution in [0.1, 0.15) is 27.8 Å². The molecule has 0 atom stereocenters. The van der Waals surface area contributed by atoms with Crippen LogP contribution in [0.25, 0.3) is 16.9 Å². The van der Waals surface area contributed by atoms with Crippen LogP contribution in [0.4, 0.5) is 5.69 Å². The standard InChI is InChI=1S/C26H21N3O7/c1-3-35-26(31)23-16-24(18-5-4-6-22(15-18)34-2)28(27-23)19-9-7-17(8-10-19)25(30)36-21-13-11-20(12-14-21)29(32)33/h4-16H,3H2,1-2H3. The minimum Gasteiger partial charge on any atom is -0.497 e. The van der Waals surface area contributed by atoms with Crippen molar-refractivity contribution in [3.8, 4) is 28.4 Å². The van der Waals surface area contributed by atoms with Crippen LogP contribution in [-0.2, 0) is 4.74 Å². The molecule has 0 fully saturated rings. The number of methoxy groups -OCH3 is 1. The van der Waals surface area contributed by atoms with Gasteiger partial charge in [-0.2, -0.15) is 5.10 Å². The number of carbonyl (C=O) groups excluding carboxylic acids is 2. The van der Waals surface area contributed by atoms with Gasteiger partial charge in [-0.3, -0.25) is 10.1 Å².